The monoisotopic (exact) mass is 291 g/mol. The van der Waals surface area contributed by atoms with Gasteiger partial charge in [0.25, 0.3) is 0 Å². The maximum absolute atomic E-state index is 2.43. The second-order valence-corrected chi connectivity index (χ2v) is 6.24. The molecule has 0 amide bonds. The Morgan fingerprint density at radius 3 is 1.96 bits per heavy atom. The van der Waals surface area contributed by atoms with Crippen molar-refractivity contribution in [3.05, 3.63) is 78.9 Å². The van der Waals surface area contributed by atoms with Crippen LogP contribution in [0.25, 0.3) is 48.9 Å². The maximum atomic E-state index is 2.43. The predicted octanol–water partition coefficient (Wildman–Crippen LogP) is 5.99. The van der Waals surface area contributed by atoms with Gasteiger partial charge >= 0.3 is 0 Å². The van der Waals surface area contributed by atoms with Gasteiger partial charge in [-0.2, -0.15) is 0 Å². The van der Waals surface area contributed by atoms with E-state index >= 15 is 0 Å². The summed E-state index contributed by atoms with van der Waals surface area (Å²) in [4.78, 5) is 0. The lowest BCUT2D eigenvalue weighted by atomic mass is 10.0. The molecule has 0 aliphatic heterocycles. The van der Waals surface area contributed by atoms with Crippen LogP contribution in [0.3, 0.4) is 0 Å². The van der Waals surface area contributed by atoms with Gasteiger partial charge in [0, 0.05) is 21.5 Å². The van der Waals surface area contributed by atoms with Gasteiger partial charge in [0.2, 0.25) is 0 Å². The Morgan fingerprint density at radius 1 is 0.522 bits per heavy atom. The van der Waals surface area contributed by atoms with Gasteiger partial charge in [0.15, 0.2) is 0 Å². The van der Waals surface area contributed by atoms with Crippen LogP contribution in [0.15, 0.2) is 78.9 Å². The molecule has 0 saturated heterocycles. The summed E-state index contributed by atoms with van der Waals surface area (Å²) >= 11 is 0. The fourth-order valence-corrected chi connectivity index (χ4v) is 4.19. The standard InChI is InChI=1S/C22H13N/c1-2-8-15-14(7-1)13-18-16-9-3-5-11-19(16)23-20-12-6-4-10-17(20)21(15)22(18)23/h1-13H. The Balaban J connectivity index is 2.15. The van der Waals surface area contributed by atoms with Crippen molar-refractivity contribution in [2.75, 3.05) is 0 Å². The molecule has 6 rings (SSSR count). The number of hydrogen-bond donors (Lipinski definition) is 0. The van der Waals surface area contributed by atoms with Crippen molar-refractivity contribution in [2.45, 2.75) is 0 Å². The summed E-state index contributed by atoms with van der Waals surface area (Å²) in [7, 11) is 0. The topological polar surface area (TPSA) is 4.41 Å². The van der Waals surface area contributed by atoms with Gasteiger partial charge in [-0.3, -0.25) is 0 Å². The third-order valence-corrected chi connectivity index (χ3v) is 5.09. The molecule has 4 aromatic carbocycles. The third kappa shape index (κ3) is 1.25. The van der Waals surface area contributed by atoms with Crippen LogP contribution in [0.4, 0.5) is 0 Å². The predicted molar refractivity (Wildman–Crippen MR) is 98.6 cm³/mol. The molecule has 0 bridgehead atoms. The van der Waals surface area contributed by atoms with Gasteiger partial charge in [-0.05, 0) is 29.0 Å². The molecule has 1 nitrogen and oxygen atoms in total. The van der Waals surface area contributed by atoms with E-state index in [0.29, 0.717) is 0 Å². The van der Waals surface area contributed by atoms with Gasteiger partial charge in [0.05, 0.1) is 16.6 Å². The third-order valence-electron chi connectivity index (χ3n) is 5.09. The van der Waals surface area contributed by atoms with Crippen molar-refractivity contribution < 1.29 is 0 Å². The first-order valence-electron chi connectivity index (χ1n) is 7.98. The molecule has 0 fully saturated rings. The largest absolute Gasteiger partial charge is 0.308 e. The number of nitrogens with zero attached hydrogens (tertiary/aromatic N) is 1. The minimum absolute atomic E-state index is 1.30. The number of fused-ring (bicyclic) bond motifs is 8. The minimum atomic E-state index is 1.30. The Kier molecular flexibility index (Phi) is 1.91. The van der Waals surface area contributed by atoms with Crippen molar-refractivity contribution in [1.82, 2.24) is 4.40 Å². The average Bonchev–Trinajstić information content (AvgIpc) is 3.12. The van der Waals surface area contributed by atoms with Crippen molar-refractivity contribution in [2.24, 2.45) is 0 Å². The van der Waals surface area contributed by atoms with Gasteiger partial charge in [-0.25, -0.2) is 0 Å². The van der Waals surface area contributed by atoms with Crippen LogP contribution in [0.2, 0.25) is 0 Å². The molecule has 0 radical (unpaired) electrons. The summed E-state index contributed by atoms with van der Waals surface area (Å²) in [6.07, 6.45) is 0. The molecule has 0 saturated carbocycles. The SMILES string of the molecule is c1ccc2c(c1)cc1c3ccccc3n3c4ccccc4c2c13. The van der Waals surface area contributed by atoms with Gasteiger partial charge in [-0.1, -0.05) is 60.7 Å². The average molecular weight is 291 g/mol. The number of aromatic nitrogens is 1. The van der Waals surface area contributed by atoms with E-state index in [1.54, 1.807) is 0 Å². The van der Waals surface area contributed by atoms with Crippen molar-refractivity contribution in [3.63, 3.8) is 0 Å². The van der Waals surface area contributed by atoms with Crippen LogP contribution in [0.1, 0.15) is 0 Å². The highest BCUT2D eigenvalue weighted by Gasteiger charge is 2.18. The van der Waals surface area contributed by atoms with Crippen molar-refractivity contribution in [1.29, 1.82) is 0 Å². The molecule has 0 unspecified atom stereocenters. The first kappa shape index (κ1) is 11.5. The highest BCUT2D eigenvalue weighted by molar-refractivity contribution is 6.31. The maximum Gasteiger partial charge on any atom is 0.0626 e. The van der Waals surface area contributed by atoms with Crippen LogP contribution >= 0.6 is 0 Å². The molecule has 106 valence electrons. The smallest absolute Gasteiger partial charge is 0.0626 e. The normalized spacial score (nSPS) is 12.3. The van der Waals surface area contributed by atoms with Gasteiger partial charge in [0.1, 0.15) is 0 Å². The van der Waals surface area contributed by atoms with Crippen LogP contribution in [-0.2, 0) is 0 Å². The molecular weight excluding hydrogens is 278 g/mol. The summed E-state index contributed by atoms with van der Waals surface area (Å²) in [6.45, 7) is 0. The van der Waals surface area contributed by atoms with E-state index in [-0.39, 0.29) is 0 Å². The number of rotatable bonds is 0. The first-order chi connectivity index (χ1) is 11.4. The van der Waals surface area contributed by atoms with E-state index in [1.165, 1.54) is 48.9 Å². The second-order valence-electron chi connectivity index (χ2n) is 6.24. The fraction of sp³-hybridized carbons (Fsp3) is 0. The summed E-state index contributed by atoms with van der Waals surface area (Å²) < 4.78 is 2.43. The molecular formula is C22H13N. The second kappa shape index (κ2) is 3.82. The Bertz CT molecular complexity index is 1330. The van der Waals surface area contributed by atoms with Gasteiger partial charge in [-0.15, -0.1) is 0 Å². The van der Waals surface area contributed by atoms with Crippen molar-refractivity contribution >= 4 is 48.9 Å². The van der Waals surface area contributed by atoms with E-state index in [9.17, 15) is 0 Å². The molecule has 0 atom stereocenters. The quantitative estimate of drug-likeness (QED) is 0.324. The lowest BCUT2D eigenvalue weighted by Crippen LogP contribution is -1.78. The first-order valence-corrected chi connectivity index (χ1v) is 7.98. The molecule has 0 aliphatic rings. The zero-order valence-corrected chi connectivity index (χ0v) is 12.5. The summed E-state index contributed by atoms with van der Waals surface area (Å²) in [5.41, 5.74) is 3.94. The number of para-hydroxylation sites is 2. The minimum Gasteiger partial charge on any atom is -0.308 e. The molecule has 6 aromatic rings. The number of benzene rings is 4. The molecule has 23 heavy (non-hydrogen) atoms. The van der Waals surface area contributed by atoms with Crippen LogP contribution in [0, 0.1) is 0 Å². The summed E-state index contributed by atoms with van der Waals surface area (Å²) in [5, 5.41) is 8.07. The highest BCUT2D eigenvalue weighted by Crippen LogP contribution is 2.42. The van der Waals surface area contributed by atoms with E-state index in [1.807, 2.05) is 0 Å². The molecule has 0 N–H and O–H groups in total. The molecule has 2 heterocycles. The zero-order valence-electron chi connectivity index (χ0n) is 12.5. The fourth-order valence-electron chi connectivity index (χ4n) is 4.19. The number of hydrogen-bond acceptors (Lipinski definition) is 0. The van der Waals surface area contributed by atoms with Crippen LogP contribution in [0.5, 0.6) is 0 Å². The summed E-state index contributed by atoms with van der Waals surface area (Å²) in [6, 6.07) is 28.6. The lowest BCUT2D eigenvalue weighted by molar-refractivity contribution is 1.37. The van der Waals surface area contributed by atoms with Crippen LogP contribution in [-0.4, -0.2) is 4.40 Å². The highest BCUT2D eigenvalue weighted by atomic mass is 14.9. The van der Waals surface area contributed by atoms with E-state index in [4.69, 9.17) is 0 Å². The lowest BCUT2D eigenvalue weighted by Gasteiger charge is -2.02. The summed E-state index contributed by atoms with van der Waals surface area (Å²) in [5.74, 6) is 0. The van der Waals surface area contributed by atoms with E-state index in [0.717, 1.165) is 0 Å². The molecule has 0 spiro atoms. The Labute approximate surface area is 132 Å². The Hall–Kier alpha value is -3.06. The van der Waals surface area contributed by atoms with Crippen LogP contribution < -0.4 is 0 Å². The van der Waals surface area contributed by atoms with Crippen molar-refractivity contribution in [3.8, 4) is 0 Å². The molecule has 0 aliphatic carbocycles. The molecule has 1 heteroatoms. The van der Waals surface area contributed by atoms with E-state index in [2.05, 4.69) is 83.3 Å². The zero-order chi connectivity index (χ0) is 15.0. The Morgan fingerprint density at radius 2 is 1.13 bits per heavy atom. The molecule has 2 aromatic heterocycles. The van der Waals surface area contributed by atoms with E-state index < -0.39 is 0 Å². The van der Waals surface area contributed by atoms with Gasteiger partial charge < -0.3 is 4.40 Å².